The molecule has 0 bridgehead atoms. The zero-order valence-corrected chi connectivity index (χ0v) is 10.9. The summed E-state index contributed by atoms with van der Waals surface area (Å²) < 4.78 is 5.16. The molecule has 0 aromatic rings. The molecule has 0 aromatic heterocycles. The Kier molecular flexibility index (Phi) is 4.01. The van der Waals surface area contributed by atoms with Crippen molar-refractivity contribution in [2.24, 2.45) is 5.92 Å². The van der Waals surface area contributed by atoms with E-state index >= 15 is 0 Å². The van der Waals surface area contributed by atoms with Gasteiger partial charge in [0.05, 0.1) is 0 Å². The Morgan fingerprint density at radius 3 is 2.29 bits per heavy atom. The molecule has 1 fully saturated rings. The van der Waals surface area contributed by atoms with Gasteiger partial charge in [-0.25, -0.2) is 9.59 Å². The summed E-state index contributed by atoms with van der Waals surface area (Å²) in [7, 11) is 1.48. The van der Waals surface area contributed by atoms with Crippen LogP contribution in [-0.2, 0) is 9.53 Å². The number of carboxylic acid groups (broad SMARTS) is 1. The Morgan fingerprint density at radius 2 is 1.94 bits per heavy atom. The maximum absolute atomic E-state index is 11.7. The van der Waals surface area contributed by atoms with E-state index in [-0.39, 0.29) is 0 Å². The van der Waals surface area contributed by atoms with E-state index < -0.39 is 23.7 Å². The molecule has 1 amide bonds. The second-order valence-electron chi connectivity index (χ2n) is 5.62. The fraction of sp³-hybridized carbons (Fsp3) is 0.833. The number of nitrogens with zero attached hydrogens (tertiary/aromatic N) is 1. The number of carbonyl (C=O) groups is 2. The van der Waals surface area contributed by atoms with Gasteiger partial charge >= 0.3 is 12.1 Å². The number of likely N-dealkylation sites (N-methyl/N-ethyl adjacent to an activating group) is 1. The fourth-order valence-corrected chi connectivity index (χ4v) is 1.56. The van der Waals surface area contributed by atoms with Crippen LogP contribution in [0.15, 0.2) is 0 Å². The normalized spacial score (nSPS) is 17.4. The molecule has 0 saturated heterocycles. The molecule has 17 heavy (non-hydrogen) atoms. The van der Waals surface area contributed by atoms with Gasteiger partial charge in [-0.1, -0.05) is 12.8 Å². The molecule has 5 heteroatoms. The van der Waals surface area contributed by atoms with Crippen LogP contribution in [-0.4, -0.2) is 40.8 Å². The van der Waals surface area contributed by atoms with Crippen LogP contribution in [0.25, 0.3) is 0 Å². The lowest BCUT2D eigenvalue weighted by atomic mass is 10.1. The summed E-state index contributed by atoms with van der Waals surface area (Å²) in [5, 5.41) is 9.12. The zero-order valence-electron chi connectivity index (χ0n) is 10.9. The summed E-state index contributed by atoms with van der Waals surface area (Å²) in [6.45, 7) is 5.28. The van der Waals surface area contributed by atoms with Crippen molar-refractivity contribution in [2.45, 2.75) is 51.7 Å². The van der Waals surface area contributed by atoms with Gasteiger partial charge in [-0.2, -0.15) is 0 Å². The SMILES string of the molecule is CN(C(=O)OC(C)(C)C)C(CC1CC1)C(=O)O. The van der Waals surface area contributed by atoms with Crippen LogP contribution in [0.2, 0.25) is 0 Å². The molecule has 1 saturated carbocycles. The van der Waals surface area contributed by atoms with Crippen LogP contribution < -0.4 is 0 Å². The van der Waals surface area contributed by atoms with E-state index in [2.05, 4.69) is 0 Å². The molecule has 1 aliphatic rings. The molecule has 1 atom stereocenters. The van der Waals surface area contributed by atoms with E-state index in [0.717, 1.165) is 12.8 Å². The Hall–Kier alpha value is -1.26. The van der Waals surface area contributed by atoms with Crippen molar-refractivity contribution in [3.63, 3.8) is 0 Å². The lowest BCUT2D eigenvalue weighted by Crippen LogP contribution is -2.45. The molecule has 0 radical (unpaired) electrons. The Balaban J connectivity index is 2.59. The van der Waals surface area contributed by atoms with Crippen molar-refractivity contribution in [3.8, 4) is 0 Å². The number of ether oxygens (including phenoxy) is 1. The lowest BCUT2D eigenvalue weighted by molar-refractivity contribution is -0.143. The second kappa shape index (κ2) is 4.94. The molecule has 1 aliphatic carbocycles. The summed E-state index contributed by atoms with van der Waals surface area (Å²) in [5.41, 5.74) is -0.603. The number of carbonyl (C=O) groups excluding carboxylic acids is 1. The number of aliphatic carboxylic acids is 1. The van der Waals surface area contributed by atoms with Gasteiger partial charge in [0, 0.05) is 7.05 Å². The molecule has 5 nitrogen and oxygen atoms in total. The first kappa shape index (κ1) is 13.8. The summed E-state index contributed by atoms with van der Waals surface area (Å²) in [5.74, 6) is -0.522. The highest BCUT2D eigenvalue weighted by Gasteiger charge is 2.35. The quantitative estimate of drug-likeness (QED) is 0.821. The maximum atomic E-state index is 11.7. The van der Waals surface area contributed by atoms with Gasteiger partial charge in [-0.3, -0.25) is 4.90 Å². The summed E-state index contributed by atoms with van der Waals surface area (Å²) in [6.07, 6.45) is 2.06. The third kappa shape index (κ3) is 4.63. The van der Waals surface area contributed by atoms with E-state index in [1.165, 1.54) is 11.9 Å². The summed E-state index contributed by atoms with van der Waals surface area (Å²) >= 11 is 0. The van der Waals surface area contributed by atoms with Gasteiger partial charge in [0.2, 0.25) is 0 Å². The molecule has 1 N–H and O–H groups in total. The van der Waals surface area contributed by atoms with Gasteiger partial charge in [-0.05, 0) is 33.1 Å². The zero-order chi connectivity index (χ0) is 13.2. The number of hydrogen-bond donors (Lipinski definition) is 1. The average Bonchev–Trinajstić information content (AvgIpc) is 2.93. The first-order valence-electron chi connectivity index (χ1n) is 5.89. The van der Waals surface area contributed by atoms with Crippen molar-refractivity contribution in [1.82, 2.24) is 4.90 Å². The highest BCUT2D eigenvalue weighted by Crippen LogP contribution is 2.34. The van der Waals surface area contributed by atoms with Crippen molar-refractivity contribution >= 4 is 12.1 Å². The maximum Gasteiger partial charge on any atom is 0.410 e. The van der Waals surface area contributed by atoms with Gasteiger partial charge in [0.25, 0.3) is 0 Å². The molecular weight excluding hydrogens is 222 g/mol. The van der Waals surface area contributed by atoms with Crippen molar-refractivity contribution < 1.29 is 19.4 Å². The summed E-state index contributed by atoms with van der Waals surface area (Å²) in [6, 6.07) is -0.780. The standard InChI is InChI=1S/C12H21NO4/c1-12(2,3)17-11(16)13(4)9(10(14)15)7-8-5-6-8/h8-9H,5-7H2,1-4H3,(H,14,15). The predicted octanol–water partition coefficient (Wildman–Crippen LogP) is 2.11. The highest BCUT2D eigenvalue weighted by atomic mass is 16.6. The van der Waals surface area contributed by atoms with Crippen LogP contribution in [0, 0.1) is 5.92 Å². The van der Waals surface area contributed by atoms with E-state index in [9.17, 15) is 9.59 Å². The molecular formula is C12H21NO4. The monoisotopic (exact) mass is 243 g/mol. The number of hydrogen-bond acceptors (Lipinski definition) is 3. The van der Waals surface area contributed by atoms with Gasteiger partial charge in [-0.15, -0.1) is 0 Å². The third-order valence-electron chi connectivity index (χ3n) is 2.69. The number of rotatable bonds is 4. The molecule has 0 aliphatic heterocycles. The molecule has 98 valence electrons. The van der Waals surface area contributed by atoms with E-state index in [1.54, 1.807) is 20.8 Å². The van der Waals surface area contributed by atoms with Crippen LogP contribution in [0.5, 0.6) is 0 Å². The van der Waals surface area contributed by atoms with Crippen LogP contribution in [0.3, 0.4) is 0 Å². The molecule has 1 unspecified atom stereocenters. The van der Waals surface area contributed by atoms with E-state index in [0.29, 0.717) is 12.3 Å². The van der Waals surface area contributed by atoms with Gasteiger partial charge < -0.3 is 9.84 Å². The largest absolute Gasteiger partial charge is 0.480 e. The van der Waals surface area contributed by atoms with Crippen molar-refractivity contribution in [1.29, 1.82) is 0 Å². The van der Waals surface area contributed by atoms with Crippen LogP contribution in [0.4, 0.5) is 4.79 Å². The minimum absolute atomic E-state index is 0.445. The average molecular weight is 243 g/mol. The van der Waals surface area contributed by atoms with Gasteiger partial charge in [0.1, 0.15) is 11.6 Å². The predicted molar refractivity (Wildman–Crippen MR) is 62.8 cm³/mol. The molecule has 0 heterocycles. The Bertz CT molecular complexity index is 304. The first-order chi connectivity index (χ1) is 7.70. The molecule has 0 aromatic carbocycles. The molecule has 1 rings (SSSR count). The third-order valence-corrected chi connectivity index (χ3v) is 2.69. The van der Waals surface area contributed by atoms with Crippen molar-refractivity contribution in [2.75, 3.05) is 7.05 Å². The molecule has 0 spiro atoms. The lowest BCUT2D eigenvalue weighted by Gasteiger charge is -2.28. The topological polar surface area (TPSA) is 66.8 Å². The van der Waals surface area contributed by atoms with Gasteiger partial charge in [0.15, 0.2) is 0 Å². The second-order valence-corrected chi connectivity index (χ2v) is 5.62. The fourth-order valence-electron chi connectivity index (χ4n) is 1.56. The van der Waals surface area contributed by atoms with Crippen LogP contribution >= 0.6 is 0 Å². The highest BCUT2D eigenvalue weighted by molar-refractivity contribution is 5.80. The van der Waals surface area contributed by atoms with Crippen LogP contribution in [0.1, 0.15) is 40.0 Å². The smallest absolute Gasteiger partial charge is 0.410 e. The minimum atomic E-state index is -0.967. The van der Waals surface area contributed by atoms with E-state index in [1.807, 2.05) is 0 Å². The Labute approximate surface area is 102 Å². The number of amides is 1. The summed E-state index contributed by atoms with van der Waals surface area (Å²) in [4.78, 5) is 24.1. The number of carboxylic acids is 1. The Morgan fingerprint density at radius 1 is 1.41 bits per heavy atom. The van der Waals surface area contributed by atoms with E-state index in [4.69, 9.17) is 9.84 Å². The first-order valence-corrected chi connectivity index (χ1v) is 5.89. The minimum Gasteiger partial charge on any atom is -0.480 e. The van der Waals surface area contributed by atoms with Crippen molar-refractivity contribution in [3.05, 3.63) is 0 Å².